The van der Waals surface area contributed by atoms with E-state index in [1.807, 2.05) is 85.1 Å². The largest absolute Gasteiger partial charge is 0.368 e. The predicted octanol–water partition coefficient (Wildman–Crippen LogP) is 1.58. The Bertz CT molecular complexity index is 2060. The first-order chi connectivity index (χ1) is 26.0. The topological polar surface area (TPSA) is 243 Å². The molecule has 0 aliphatic heterocycles. The lowest BCUT2D eigenvalue weighted by Gasteiger charge is -2.26. The predicted molar refractivity (Wildman–Crippen MR) is 208 cm³/mol. The molecule has 12 N–H and O–H groups in total. The van der Waals surface area contributed by atoms with Crippen LogP contribution in [0.25, 0.3) is 21.8 Å². The number of nitrogens with one attached hydrogen (secondary N) is 6. The highest BCUT2D eigenvalue weighted by atomic mass is 16.2. The van der Waals surface area contributed by atoms with Gasteiger partial charge in [0.15, 0.2) is 0 Å². The number of nitrogens with two attached hydrogens (primary N) is 3. The van der Waals surface area contributed by atoms with Crippen LogP contribution in [0.4, 0.5) is 0 Å². The van der Waals surface area contributed by atoms with Gasteiger partial charge in [-0.05, 0) is 68.0 Å². The Morgan fingerprint density at radius 1 is 0.611 bits per heavy atom. The molecule has 0 spiro atoms. The van der Waals surface area contributed by atoms with E-state index in [-0.39, 0.29) is 19.3 Å². The van der Waals surface area contributed by atoms with Gasteiger partial charge in [0.1, 0.15) is 24.2 Å². The number of aromatic nitrogens is 2. The summed E-state index contributed by atoms with van der Waals surface area (Å²) in [4.78, 5) is 73.4. The van der Waals surface area contributed by atoms with Gasteiger partial charge in [0, 0.05) is 47.0 Å². The van der Waals surface area contributed by atoms with E-state index in [1.54, 1.807) is 6.20 Å². The standard InChI is InChI=1S/C40H49N9O5/c1-24(46-38(52)30(42)20-26-22-44-31-15-7-5-13-28(26)31)37(51)48-35(21-27-23-45-32-16-8-6-14-29(27)32)40(54)49-34(19-25-11-3-2-4-12-25)39(53)47-33(36(43)50)17-9-10-18-41/h2-8,11-16,22-24,30,33-35,44-45H,9-10,17-21,41-42H2,1H3,(H2,43,50)(H,46,52)(H,47,53)(H,48,51)(H,49,54)/t24-,30+,33-,34+,35-/m0/s1. The third kappa shape index (κ3) is 10.3. The van der Waals surface area contributed by atoms with Crippen LogP contribution in [0.2, 0.25) is 0 Å². The number of primary amides is 1. The van der Waals surface area contributed by atoms with Crippen LogP contribution < -0.4 is 38.5 Å². The first-order valence-corrected chi connectivity index (χ1v) is 18.1. The van der Waals surface area contributed by atoms with E-state index in [2.05, 4.69) is 31.2 Å². The maximum Gasteiger partial charge on any atom is 0.243 e. The summed E-state index contributed by atoms with van der Waals surface area (Å²) in [6.07, 6.45) is 5.48. The van der Waals surface area contributed by atoms with Crippen molar-refractivity contribution in [2.45, 2.75) is 75.7 Å². The van der Waals surface area contributed by atoms with Crippen molar-refractivity contribution in [2.24, 2.45) is 17.2 Å². The molecule has 0 radical (unpaired) electrons. The molecule has 14 nitrogen and oxygen atoms in total. The minimum Gasteiger partial charge on any atom is -0.368 e. The van der Waals surface area contributed by atoms with Crippen molar-refractivity contribution in [1.82, 2.24) is 31.2 Å². The van der Waals surface area contributed by atoms with Gasteiger partial charge in [-0.3, -0.25) is 24.0 Å². The van der Waals surface area contributed by atoms with Crippen molar-refractivity contribution >= 4 is 51.3 Å². The Balaban J connectivity index is 1.33. The fraction of sp³-hybridized carbons (Fsp3) is 0.325. The maximum atomic E-state index is 14.2. The van der Waals surface area contributed by atoms with E-state index in [9.17, 15) is 24.0 Å². The number of hydrogen-bond acceptors (Lipinski definition) is 7. The van der Waals surface area contributed by atoms with Gasteiger partial charge in [0.05, 0.1) is 6.04 Å². The molecule has 0 saturated carbocycles. The van der Waals surface area contributed by atoms with Crippen LogP contribution in [-0.2, 0) is 43.2 Å². The quantitative estimate of drug-likeness (QED) is 0.0567. The van der Waals surface area contributed by atoms with Crippen molar-refractivity contribution in [1.29, 1.82) is 0 Å². The smallest absolute Gasteiger partial charge is 0.243 e. The van der Waals surface area contributed by atoms with Gasteiger partial charge < -0.3 is 48.4 Å². The van der Waals surface area contributed by atoms with Gasteiger partial charge >= 0.3 is 0 Å². The third-order valence-corrected chi connectivity index (χ3v) is 9.46. The lowest BCUT2D eigenvalue weighted by Crippen LogP contribution is -2.59. The normalized spacial score (nSPS) is 14.1. The second-order valence-electron chi connectivity index (χ2n) is 13.5. The summed E-state index contributed by atoms with van der Waals surface area (Å²) in [6, 6.07) is 19.1. The second kappa shape index (κ2) is 18.7. The van der Waals surface area contributed by atoms with Crippen molar-refractivity contribution < 1.29 is 24.0 Å². The molecule has 2 aromatic heterocycles. The minimum atomic E-state index is -1.17. The van der Waals surface area contributed by atoms with E-state index < -0.39 is 59.7 Å². The van der Waals surface area contributed by atoms with Gasteiger partial charge in [0.2, 0.25) is 29.5 Å². The molecule has 5 rings (SSSR count). The van der Waals surface area contributed by atoms with Crippen LogP contribution in [0, 0.1) is 0 Å². The molecule has 14 heteroatoms. The first-order valence-electron chi connectivity index (χ1n) is 18.1. The summed E-state index contributed by atoms with van der Waals surface area (Å²) in [5.41, 5.74) is 21.6. The number of para-hydroxylation sites is 2. The molecule has 0 unspecified atom stereocenters. The maximum absolute atomic E-state index is 14.2. The Hall–Kier alpha value is -5.99. The third-order valence-electron chi connectivity index (χ3n) is 9.46. The van der Waals surface area contributed by atoms with Crippen molar-refractivity contribution in [2.75, 3.05) is 6.54 Å². The zero-order chi connectivity index (χ0) is 38.6. The zero-order valence-corrected chi connectivity index (χ0v) is 30.3. The molecule has 5 atom stereocenters. The molecule has 0 fully saturated rings. The summed E-state index contributed by atoms with van der Waals surface area (Å²) >= 11 is 0. The van der Waals surface area contributed by atoms with Crippen molar-refractivity contribution in [3.8, 4) is 0 Å². The van der Waals surface area contributed by atoms with E-state index in [0.29, 0.717) is 25.8 Å². The highest BCUT2D eigenvalue weighted by Crippen LogP contribution is 2.20. The van der Waals surface area contributed by atoms with Crippen LogP contribution in [0.5, 0.6) is 0 Å². The Morgan fingerprint density at radius 2 is 1.13 bits per heavy atom. The summed E-state index contributed by atoms with van der Waals surface area (Å²) in [5, 5.41) is 12.8. The number of carbonyl (C=O) groups is 5. The molecule has 0 bridgehead atoms. The molecule has 0 aliphatic rings. The van der Waals surface area contributed by atoms with E-state index in [0.717, 1.165) is 38.5 Å². The summed E-state index contributed by atoms with van der Waals surface area (Å²) in [7, 11) is 0. The SMILES string of the molecule is C[C@H](NC(=O)[C@H](N)Cc1c[nH]c2ccccc12)C(=O)N[C@@H](Cc1c[nH]c2ccccc12)C(=O)N[C@H](Cc1ccccc1)C(=O)N[C@@H](CCCCN)C(N)=O. The number of amides is 5. The number of fused-ring (bicyclic) bond motifs is 2. The number of benzene rings is 3. The van der Waals surface area contributed by atoms with Gasteiger partial charge in [-0.2, -0.15) is 0 Å². The molecule has 3 aromatic carbocycles. The molecule has 0 aliphatic carbocycles. The lowest BCUT2D eigenvalue weighted by molar-refractivity contribution is -0.134. The van der Waals surface area contributed by atoms with Crippen LogP contribution in [0.3, 0.4) is 0 Å². The minimum absolute atomic E-state index is 0.0605. The number of rotatable bonds is 19. The van der Waals surface area contributed by atoms with Crippen LogP contribution >= 0.6 is 0 Å². The summed E-state index contributed by atoms with van der Waals surface area (Å²) in [6.45, 7) is 1.93. The number of carbonyl (C=O) groups excluding carboxylic acids is 5. The average Bonchev–Trinajstić information content (AvgIpc) is 3.77. The van der Waals surface area contributed by atoms with Crippen LogP contribution in [0.1, 0.15) is 42.9 Å². The summed E-state index contributed by atoms with van der Waals surface area (Å²) < 4.78 is 0. The number of aromatic amines is 2. The molecule has 284 valence electrons. The second-order valence-corrected chi connectivity index (χ2v) is 13.5. The number of unbranched alkanes of at least 4 members (excludes halogenated alkanes) is 1. The molecule has 5 amide bonds. The highest BCUT2D eigenvalue weighted by molar-refractivity contribution is 5.96. The molecular formula is C40H49N9O5. The highest BCUT2D eigenvalue weighted by Gasteiger charge is 2.31. The Morgan fingerprint density at radius 3 is 1.72 bits per heavy atom. The monoisotopic (exact) mass is 735 g/mol. The van der Waals surface area contributed by atoms with Crippen LogP contribution in [-0.4, -0.2) is 76.3 Å². The molecule has 5 aromatic rings. The summed E-state index contributed by atoms with van der Waals surface area (Å²) in [5.74, 6) is -3.10. The Labute approximate surface area is 313 Å². The fourth-order valence-corrected chi connectivity index (χ4v) is 6.42. The van der Waals surface area contributed by atoms with Crippen LogP contribution in [0.15, 0.2) is 91.3 Å². The molecule has 2 heterocycles. The van der Waals surface area contributed by atoms with Gasteiger partial charge in [-0.1, -0.05) is 66.7 Å². The molecule has 0 saturated heterocycles. The zero-order valence-electron chi connectivity index (χ0n) is 30.3. The lowest BCUT2D eigenvalue weighted by atomic mass is 10.0. The van der Waals surface area contributed by atoms with Crippen molar-refractivity contribution in [3.05, 3.63) is 108 Å². The van der Waals surface area contributed by atoms with E-state index >= 15 is 0 Å². The average molecular weight is 736 g/mol. The van der Waals surface area contributed by atoms with Gasteiger partial charge in [-0.25, -0.2) is 0 Å². The van der Waals surface area contributed by atoms with Gasteiger partial charge in [0.25, 0.3) is 0 Å². The fourth-order valence-electron chi connectivity index (χ4n) is 6.42. The van der Waals surface area contributed by atoms with E-state index in [4.69, 9.17) is 17.2 Å². The van der Waals surface area contributed by atoms with Gasteiger partial charge in [-0.15, -0.1) is 0 Å². The first kappa shape index (κ1) is 39.2. The van der Waals surface area contributed by atoms with E-state index in [1.165, 1.54) is 6.92 Å². The van der Waals surface area contributed by atoms with Crippen molar-refractivity contribution in [3.63, 3.8) is 0 Å². The molecular weight excluding hydrogens is 686 g/mol. The Kier molecular flexibility index (Phi) is 13.6. The molecule has 54 heavy (non-hydrogen) atoms. The number of hydrogen-bond donors (Lipinski definition) is 9. The number of H-pyrrole nitrogens is 2.